The lowest BCUT2D eigenvalue weighted by Crippen LogP contribution is -2.15. The van der Waals surface area contributed by atoms with Crippen molar-refractivity contribution in [1.29, 1.82) is 0 Å². The van der Waals surface area contributed by atoms with E-state index in [4.69, 9.17) is 9.47 Å². The molecule has 0 N–H and O–H groups in total. The summed E-state index contributed by atoms with van der Waals surface area (Å²) < 4.78 is 10.5. The van der Waals surface area contributed by atoms with Gasteiger partial charge in [0.2, 0.25) is 0 Å². The van der Waals surface area contributed by atoms with Crippen LogP contribution in [-0.2, 0) is 6.42 Å². The first kappa shape index (κ1) is 12.0. The van der Waals surface area contributed by atoms with Crippen molar-refractivity contribution in [2.45, 2.75) is 20.3 Å². The van der Waals surface area contributed by atoms with E-state index < -0.39 is 0 Å². The molecule has 1 atom stereocenters. The molecule has 0 heterocycles. The van der Waals surface area contributed by atoms with Gasteiger partial charge in [-0.25, -0.2) is 0 Å². The summed E-state index contributed by atoms with van der Waals surface area (Å²) in [6.07, 6.45) is 0.812. The van der Waals surface area contributed by atoms with Gasteiger partial charge in [-0.2, -0.15) is 0 Å². The number of methoxy groups -OCH3 is 2. The summed E-state index contributed by atoms with van der Waals surface area (Å²) in [5, 5.41) is 0. The molecular weight excluding hydrogens is 216 g/mol. The van der Waals surface area contributed by atoms with E-state index >= 15 is 0 Å². The molecule has 0 saturated heterocycles. The molecule has 0 saturated carbocycles. The molecular formula is C14H18O3. The molecule has 0 aromatic heterocycles. The van der Waals surface area contributed by atoms with Gasteiger partial charge in [0.15, 0.2) is 17.3 Å². The predicted molar refractivity (Wildman–Crippen MR) is 65.9 cm³/mol. The maximum Gasteiger partial charge on any atom is 0.166 e. The van der Waals surface area contributed by atoms with E-state index in [1.807, 2.05) is 6.07 Å². The Morgan fingerprint density at radius 1 is 1.18 bits per heavy atom. The molecule has 3 nitrogen and oxygen atoms in total. The highest BCUT2D eigenvalue weighted by Gasteiger charge is 2.33. The van der Waals surface area contributed by atoms with Crippen molar-refractivity contribution >= 4 is 5.78 Å². The number of ether oxygens (including phenoxy) is 2. The van der Waals surface area contributed by atoms with Gasteiger partial charge in [-0.05, 0) is 30.0 Å². The minimum atomic E-state index is 0.0989. The first-order valence-electron chi connectivity index (χ1n) is 5.87. The SMILES string of the molecule is COc1cc2c(cc1OC)C(=O)C(C(C)C)C2. The van der Waals surface area contributed by atoms with Crippen LogP contribution in [0.1, 0.15) is 29.8 Å². The minimum absolute atomic E-state index is 0.0989. The normalized spacial score (nSPS) is 18.4. The van der Waals surface area contributed by atoms with E-state index in [1.54, 1.807) is 20.3 Å². The lowest BCUT2D eigenvalue weighted by atomic mass is 9.92. The second kappa shape index (κ2) is 4.40. The van der Waals surface area contributed by atoms with E-state index in [9.17, 15) is 4.79 Å². The monoisotopic (exact) mass is 234 g/mol. The first-order valence-corrected chi connectivity index (χ1v) is 5.87. The van der Waals surface area contributed by atoms with Crippen molar-refractivity contribution in [2.24, 2.45) is 11.8 Å². The third-order valence-corrected chi connectivity index (χ3v) is 3.46. The topological polar surface area (TPSA) is 35.5 Å². The minimum Gasteiger partial charge on any atom is -0.493 e. The fraction of sp³-hybridized carbons (Fsp3) is 0.500. The van der Waals surface area contributed by atoms with Crippen molar-refractivity contribution < 1.29 is 14.3 Å². The molecule has 0 radical (unpaired) electrons. The average molecular weight is 234 g/mol. The molecule has 1 aliphatic carbocycles. The number of fused-ring (bicyclic) bond motifs is 1. The van der Waals surface area contributed by atoms with Crippen LogP contribution >= 0.6 is 0 Å². The van der Waals surface area contributed by atoms with Gasteiger partial charge in [0.05, 0.1) is 14.2 Å². The molecule has 17 heavy (non-hydrogen) atoms. The summed E-state index contributed by atoms with van der Waals surface area (Å²) in [5.41, 5.74) is 1.87. The van der Waals surface area contributed by atoms with Crippen LogP contribution in [-0.4, -0.2) is 20.0 Å². The smallest absolute Gasteiger partial charge is 0.166 e. The van der Waals surface area contributed by atoms with Crippen LogP contribution in [0, 0.1) is 11.8 Å². The predicted octanol–water partition coefficient (Wildman–Crippen LogP) is 2.71. The third kappa shape index (κ3) is 1.90. The van der Waals surface area contributed by atoms with Crippen LogP contribution in [0.3, 0.4) is 0 Å². The van der Waals surface area contributed by atoms with Crippen molar-refractivity contribution in [3.05, 3.63) is 23.3 Å². The lowest BCUT2D eigenvalue weighted by Gasteiger charge is -2.10. The van der Waals surface area contributed by atoms with Crippen LogP contribution in [0.5, 0.6) is 11.5 Å². The van der Waals surface area contributed by atoms with Crippen molar-refractivity contribution in [1.82, 2.24) is 0 Å². The molecule has 3 heteroatoms. The molecule has 2 rings (SSSR count). The second-order valence-corrected chi connectivity index (χ2v) is 4.78. The number of carbonyl (C=O) groups is 1. The number of hydrogen-bond acceptors (Lipinski definition) is 3. The molecule has 0 spiro atoms. The maximum atomic E-state index is 12.2. The number of Topliss-reactive ketones (excluding diaryl/α,β-unsaturated/α-hetero) is 1. The highest BCUT2D eigenvalue weighted by atomic mass is 16.5. The van der Waals surface area contributed by atoms with Gasteiger partial charge in [0.25, 0.3) is 0 Å². The van der Waals surface area contributed by atoms with Crippen LogP contribution in [0.15, 0.2) is 12.1 Å². The molecule has 1 aliphatic rings. The highest BCUT2D eigenvalue weighted by molar-refractivity contribution is 6.03. The Morgan fingerprint density at radius 2 is 1.76 bits per heavy atom. The molecule has 0 bridgehead atoms. The molecule has 1 unspecified atom stereocenters. The summed E-state index contributed by atoms with van der Waals surface area (Å²) in [6.45, 7) is 4.17. The number of carbonyl (C=O) groups excluding carboxylic acids is 1. The van der Waals surface area contributed by atoms with E-state index in [2.05, 4.69) is 13.8 Å². The Kier molecular flexibility index (Phi) is 3.09. The average Bonchev–Trinajstić information content (AvgIpc) is 2.64. The summed E-state index contributed by atoms with van der Waals surface area (Å²) in [5.74, 6) is 2.03. The summed E-state index contributed by atoms with van der Waals surface area (Å²) in [7, 11) is 3.20. The van der Waals surface area contributed by atoms with Gasteiger partial charge in [-0.1, -0.05) is 13.8 Å². The fourth-order valence-corrected chi connectivity index (χ4v) is 2.39. The Bertz CT molecular complexity index is 449. The summed E-state index contributed by atoms with van der Waals surface area (Å²) >= 11 is 0. The van der Waals surface area contributed by atoms with Crippen LogP contribution in [0.25, 0.3) is 0 Å². The van der Waals surface area contributed by atoms with Gasteiger partial charge < -0.3 is 9.47 Å². The van der Waals surface area contributed by atoms with E-state index in [0.717, 1.165) is 17.5 Å². The molecule has 1 aromatic carbocycles. The standard InChI is InChI=1S/C14H18O3/c1-8(2)10-5-9-6-12(16-3)13(17-4)7-11(9)14(10)15/h6-8,10H,5H2,1-4H3. The number of ketones is 1. The Morgan fingerprint density at radius 3 is 2.29 bits per heavy atom. The van der Waals surface area contributed by atoms with Crippen LogP contribution < -0.4 is 9.47 Å². The zero-order valence-corrected chi connectivity index (χ0v) is 10.7. The van der Waals surface area contributed by atoms with Crippen LogP contribution in [0.4, 0.5) is 0 Å². The fourth-order valence-electron chi connectivity index (χ4n) is 2.39. The summed E-state index contributed by atoms with van der Waals surface area (Å²) in [4.78, 5) is 12.2. The van der Waals surface area contributed by atoms with Gasteiger partial charge in [-0.15, -0.1) is 0 Å². The second-order valence-electron chi connectivity index (χ2n) is 4.78. The van der Waals surface area contributed by atoms with Gasteiger partial charge in [0, 0.05) is 11.5 Å². The molecule has 0 fully saturated rings. The zero-order chi connectivity index (χ0) is 12.6. The van der Waals surface area contributed by atoms with Crippen molar-refractivity contribution in [3.63, 3.8) is 0 Å². The zero-order valence-electron chi connectivity index (χ0n) is 10.7. The van der Waals surface area contributed by atoms with Crippen molar-refractivity contribution in [2.75, 3.05) is 14.2 Å². The maximum absolute atomic E-state index is 12.2. The Balaban J connectivity index is 2.45. The largest absolute Gasteiger partial charge is 0.493 e. The number of benzene rings is 1. The summed E-state index contributed by atoms with van der Waals surface area (Å²) in [6, 6.07) is 3.73. The first-order chi connectivity index (χ1) is 8.08. The van der Waals surface area contributed by atoms with E-state index in [0.29, 0.717) is 17.4 Å². The lowest BCUT2D eigenvalue weighted by molar-refractivity contribution is 0.0906. The molecule has 0 amide bonds. The number of hydrogen-bond donors (Lipinski definition) is 0. The molecule has 0 aliphatic heterocycles. The Hall–Kier alpha value is -1.51. The van der Waals surface area contributed by atoms with Gasteiger partial charge in [0.1, 0.15) is 0 Å². The van der Waals surface area contributed by atoms with E-state index in [1.165, 1.54) is 0 Å². The van der Waals surface area contributed by atoms with Gasteiger partial charge >= 0.3 is 0 Å². The third-order valence-electron chi connectivity index (χ3n) is 3.46. The Labute approximate surface area is 102 Å². The molecule has 92 valence electrons. The van der Waals surface area contributed by atoms with E-state index in [-0.39, 0.29) is 11.7 Å². The number of rotatable bonds is 3. The van der Waals surface area contributed by atoms with Gasteiger partial charge in [-0.3, -0.25) is 4.79 Å². The molecule has 1 aromatic rings. The quantitative estimate of drug-likeness (QED) is 0.806. The highest BCUT2D eigenvalue weighted by Crippen LogP contribution is 2.38. The van der Waals surface area contributed by atoms with Crippen LogP contribution in [0.2, 0.25) is 0 Å². The van der Waals surface area contributed by atoms with Crippen molar-refractivity contribution in [3.8, 4) is 11.5 Å².